The minimum Gasteiger partial charge on any atom is -0.380 e. The third-order valence-corrected chi connectivity index (χ3v) is 1.57. The number of ether oxygens (including phenoxy) is 1. The van der Waals surface area contributed by atoms with Crippen LogP contribution < -0.4 is 5.73 Å². The van der Waals surface area contributed by atoms with Crippen LogP contribution in [-0.2, 0) is 11.2 Å². The molecular weight excluding hydrogens is 158 g/mol. The van der Waals surface area contributed by atoms with E-state index in [9.17, 15) is 0 Å². The van der Waals surface area contributed by atoms with Gasteiger partial charge in [0.2, 0.25) is 5.89 Å². The number of aromatic nitrogens is 2. The smallest absolute Gasteiger partial charge is 0.229 e. The van der Waals surface area contributed by atoms with Crippen LogP contribution >= 0.6 is 0 Å². The number of hydrogen-bond acceptors (Lipinski definition) is 5. The topological polar surface area (TPSA) is 74.2 Å². The van der Waals surface area contributed by atoms with E-state index in [1.807, 2.05) is 0 Å². The second-order valence-corrected chi connectivity index (χ2v) is 2.53. The maximum absolute atomic E-state index is 5.42. The molecule has 1 aromatic heterocycles. The minimum absolute atomic E-state index is 0.0372. The van der Waals surface area contributed by atoms with Crippen LogP contribution in [0.5, 0.6) is 0 Å². The molecule has 0 saturated carbocycles. The first kappa shape index (κ1) is 9.15. The van der Waals surface area contributed by atoms with Crippen molar-refractivity contribution >= 4 is 0 Å². The lowest BCUT2D eigenvalue weighted by atomic mass is 10.2. The summed E-state index contributed by atoms with van der Waals surface area (Å²) in [5.74, 6) is 1.21. The Bertz CT molecular complexity index is 232. The van der Waals surface area contributed by atoms with Gasteiger partial charge in [-0.25, -0.2) is 0 Å². The molecule has 1 unspecified atom stereocenters. The van der Waals surface area contributed by atoms with Crippen molar-refractivity contribution in [1.29, 1.82) is 0 Å². The van der Waals surface area contributed by atoms with Gasteiger partial charge in [-0.1, -0.05) is 5.16 Å². The second kappa shape index (κ2) is 4.18. The monoisotopic (exact) mass is 171 g/mol. The average molecular weight is 171 g/mol. The zero-order chi connectivity index (χ0) is 8.97. The molecule has 0 aliphatic heterocycles. The van der Waals surface area contributed by atoms with Crippen molar-refractivity contribution in [2.45, 2.75) is 19.4 Å². The summed E-state index contributed by atoms with van der Waals surface area (Å²) in [6, 6.07) is 0. The predicted molar refractivity (Wildman–Crippen MR) is 42.6 cm³/mol. The van der Waals surface area contributed by atoms with E-state index in [0.717, 1.165) is 0 Å². The van der Waals surface area contributed by atoms with Crippen molar-refractivity contribution in [2.24, 2.45) is 5.73 Å². The number of methoxy groups -OCH3 is 1. The number of nitrogens with two attached hydrogens (primary N) is 1. The summed E-state index contributed by atoms with van der Waals surface area (Å²) in [5.41, 5.74) is 5.42. The van der Waals surface area contributed by atoms with E-state index in [0.29, 0.717) is 24.7 Å². The fourth-order valence-electron chi connectivity index (χ4n) is 0.881. The van der Waals surface area contributed by atoms with E-state index in [4.69, 9.17) is 15.0 Å². The quantitative estimate of drug-likeness (QED) is 0.684. The molecule has 0 aliphatic rings. The molecule has 0 radical (unpaired) electrons. The van der Waals surface area contributed by atoms with Crippen molar-refractivity contribution in [3.8, 4) is 0 Å². The van der Waals surface area contributed by atoms with Crippen LogP contribution in [0.15, 0.2) is 4.52 Å². The zero-order valence-electron chi connectivity index (χ0n) is 7.28. The number of nitrogens with zero attached hydrogens (tertiary/aromatic N) is 2. The molecule has 68 valence electrons. The fourth-order valence-corrected chi connectivity index (χ4v) is 0.881. The third-order valence-electron chi connectivity index (χ3n) is 1.57. The first-order valence-electron chi connectivity index (χ1n) is 3.78. The molecule has 0 fully saturated rings. The highest BCUT2D eigenvalue weighted by atomic mass is 16.5. The molecule has 0 aromatic carbocycles. The lowest BCUT2D eigenvalue weighted by molar-refractivity contribution is 0.102. The molecule has 1 aromatic rings. The van der Waals surface area contributed by atoms with E-state index >= 15 is 0 Å². The highest BCUT2D eigenvalue weighted by Gasteiger charge is 2.10. The maximum atomic E-state index is 5.42. The van der Waals surface area contributed by atoms with Gasteiger partial charge in [0.1, 0.15) is 0 Å². The molecular formula is C7H13N3O2. The average Bonchev–Trinajstić information content (AvgIpc) is 2.47. The molecule has 0 saturated heterocycles. The van der Waals surface area contributed by atoms with Crippen LogP contribution in [0.2, 0.25) is 0 Å². The summed E-state index contributed by atoms with van der Waals surface area (Å²) in [7, 11) is 1.61. The van der Waals surface area contributed by atoms with Gasteiger partial charge in [-0.15, -0.1) is 0 Å². The SMILES string of the molecule is COC(CN)Cc1nc(C)no1. The Labute approximate surface area is 70.9 Å². The van der Waals surface area contributed by atoms with Crippen molar-refractivity contribution in [1.82, 2.24) is 10.1 Å². The van der Waals surface area contributed by atoms with Gasteiger partial charge in [-0.3, -0.25) is 0 Å². The van der Waals surface area contributed by atoms with E-state index < -0.39 is 0 Å². The third kappa shape index (κ3) is 2.28. The van der Waals surface area contributed by atoms with Gasteiger partial charge in [0.15, 0.2) is 5.82 Å². The Morgan fingerprint density at radius 3 is 2.83 bits per heavy atom. The summed E-state index contributed by atoms with van der Waals surface area (Å²) < 4.78 is 9.96. The zero-order valence-corrected chi connectivity index (χ0v) is 7.28. The van der Waals surface area contributed by atoms with Crippen LogP contribution in [0.4, 0.5) is 0 Å². The number of aryl methyl sites for hydroxylation is 1. The summed E-state index contributed by atoms with van der Waals surface area (Å²) in [5, 5.41) is 3.66. The van der Waals surface area contributed by atoms with Crippen molar-refractivity contribution in [3.63, 3.8) is 0 Å². The Balaban J connectivity index is 2.50. The van der Waals surface area contributed by atoms with Crippen LogP contribution in [0.3, 0.4) is 0 Å². The van der Waals surface area contributed by atoms with Gasteiger partial charge in [-0.2, -0.15) is 4.98 Å². The highest BCUT2D eigenvalue weighted by Crippen LogP contribution is 2.01. The van der Waals surface area contributed by atoms with Crippen LogP contribution in [-0.4, -0.2) is 29.9 Å². The Kier molecular flexibility index (Phi) is 3.19. The first-order valence-corrected chi connectivity index (χ1v) is 3.78. The van der Waals surface area contributed by atoms with Crippen molar-refractivity contribution in [3.05, 3.63) is 11.7 Å². The van der Waals surface area contributed by atoms with Gasteiger partial charge in [0, 0.05) is 13.7 Å². The van der Waals surface area contributed by atoms with Crippen LogP contribution in [0.1, 0.15) is 11.7 Å². The normalized spacial score (nSPS) is 13.2. The summed E-state index contributed by atoms with van der Waals surface area (Å²) in [6.07, 6.45) is 0.540. The lowest BCUT2D eigenvalue weighted by Gasteiger charge is -2.08. The fraction of sp³-hybridized carbons (Fsp3) is 0.714. The first-order chi connectivity index (χ1) is 5.76. The van der Waals surface area contributed by atoms with Crippen molar-refractivity contribution < 1.29 is 9.26 Å². The molecule has 5 nitrogen and oxygen atoms in total. The Morgan fingerprint density at radius 2 is 2.42 bits per heavy atom. The molecule has 12 heavy (non-hydrogen) atoms. The molecule has 1 rings (SSSR count). The van der Waals surface area contributed by atoms with Gasteiger partial charge in [0.05, 0.1) is 12.5 Å². The summed E-state index contributed by atoms with van der Waals surface area (Å²) >= 11 is 0. The van der Waals surface area contributed by atoms with E-state index in [2.05, 4.69) is 10.1 Å². The molecule has 5 heteroatoms. The molecule has 0 spiro atoms. The van der Waals surface area contributed by atoms with Crippen molar-refractivity contribution in [2.75, 3.05) is 13.7 Å². The molecule has 0 aliphatic carbocycles. The number of rotatable bonds is 4. The predicted octanol–water partition coefficient (Wildman–Crippen LogP) is -0.106. The standard InChI is InChI=1S/C7H13N3O2/c1-5-9-7(12-10-5)3-6(4-8)11-2/h6H,3-4,8H2,1-2H3. The van der Waals surface area contributed by atoms with Gasteiger partial charge >= 0.3 is 0 Å². The highest BCUT2D eigenvalue weighted by molar-refractivity contribution is 4.85. The maximum Gasteiger partial charge on any atom is 0.229 e. The van der Waals surface area contributed by atoms with Gasteiger partial charge in [0.25, 0.3) is 0 Å². The van der Waals surface area contributed by atoms with E-state index in [-0.39, 0.29) is 6.10 Å². The van der Waals surface area contributed by atoms with Crippen LogP contribution in [0, 0.1) is 6.92 Å². The minimum atomic E-state index is -0.0372. The molecule has 0 bridgehead atoms. The molecule has 0 amide bonds. The Morgan fingerprint density at radius 1 is 1.67 bits per heavy atom. The van der Waals surface area contributed by atoms with Gasteiger partial charge < -0.3 is 15.0 Å². The van der Waals surface area contributed by atoms with Crippen LogP contribution in [0.25, 0.3) is 0 Å². The lowest BCUT2D eigenvalue weighted by Crippen LogP contribution is -2.24. The van der Waals surface area contributed by atoms with E-state index in [1.54, 1.807) is 14.0 Å². The molecule has 2 N–H and O–H groups in total. The van der Waals surface area contributed by atoms with E-state index in [1.165, 1.54) is 0 Å². The number of hydrogen-bond donors (Lipinski definition) is 1. The largest absolute Gasteiger partial charge is 0.380 e. The Hall–Kier alpha value is -0.940. The van der Waals surface area contributed by atoms with Gasteiger partial charge in [-0.05, 0) is 6.92 Å². The summed E-state index contributed by atoms with van der Waals surface area (Å²) in [6.45, 7) is 2.23. The summed E-state index contributed by atoms with van der Waals surface area (Å²) in [4.78, 5) is 4.03. The molecule has 1 heterocycles. The molecule has 1 atom stereocenters. The second-order valence-electron chi connectivity index (χ2n) is 2.53.